The maximum absolute atomic E-state index is 12.5. The van der Waals surface area contributed by atoms with E-state index in [1.54, 1.807) is 6.21 Å². The molecule has 0 aliphatic rings. The van der Waals surface area contributed by atoms with Crippen LogP contribution >= 0.6 is 27.3 Å². The van der Waals surface area contributed by atoms with Crippen molar-refractivity contribution >= 4 is 49.8 Å². The maximum atomic E-state index is 12.5. The van der Waals surface area contributed by atoms with Gasteiger partial charge in [-0.3, -0.25) is 4.79 Å². The molecule has 0 unspecified atom stereocenters. The first-order valence-corrected chi connectivity index (χ1v) is 8.61. The number of rotatable bonds is 3. The lowest BCUT2D eigenvalue weighted by molar-refractivity contribution is 0.818. The molecule has 0 saturated carbocycles. The fraction of sp³-hybridized carbons (Fsp3) is 0.118. The lowest BCUT2D eigenvalue weighted by Crippen LogP contribution is -2.16. The molecule has 6 heteroatoms. The Morgan fingerprint density at radius 2 is 2.04 bits per heavy atom. The number of fused-ring (bicyclic) bond motifs is 1. The smallest absolute Gasteiger partial charge is 0.267 e. The quantitative estimate of drug-likeness (QED) is 0.627. The topological polar surface area (TPSA) is 47.2 Å². The number of nitrogens with zero attached hydrogens (tertiary/aromatic N) is 3. The Morgan fingerprint density at radius 3 is 2.78 bits per heavy atom. The van der Waals surface area contributed by atoms with Crippen molar-refractivity contribution in [3.05, 3.63) is 67.5 Å². The van der Waals surface area contributed by atoms with E-state index in [9.17, 15) is 4.79 Å². The van der Waals surface area contributed by atoms with Crippen LogP contribution in [0.4, 0.5) is 0 Å². The molecule has 0 fully saturated rings. The van der Waals surface area contributed by atoms with Crippen molar-refractivity contribution in [2.75, 3.05) is 0 Å². The first-order chi connectivity index (χ1) is 11.1. The Labute approximate surface area is 145 Å². The molecule has 3 aromatic rings. The lowest BCUT2D eigenvalue weighted by Gasteiger charge is -1.98. The molecule has 23 heavy (non-hydrogen) atoms. The van der Waals surface area contributed by atoms with Crippen LogP contribution in [-0.4, -0.2) is 15.9 Å². The minimum Gasteiger partial charge on any atom is -0.267 e. The zero-order valence-corrected chi connectivity index (χ0v) is 15.1. The Hall–Kier alpha value is -2.05. The molecule has 0 atom stereocenters. The molecule has 0 bridgehead atoms. The van der Waals surface area contributed by atoms with Gasteiger partial charge in [-0.15, -0.1) is 11.3 Å². The first-order valence-electron chi connectivity index (χ1n) is 7.00. The van der Waals surface area contributed by atoms with Gasteiger partial charge in [-0.25, -0.2) is 4.98 Å². The van der Waals surface area contributed by atoms with E-state index >= 15 is 0 Å². The lowest BCUT2D eigenvalue weighted by atomic mass is 10.2. The van der Waals surface area contributed by atoms with Crippen molar-refractivity contribution in [3.8, 4) is 0 Å². The highest BCUT2D eigenvalue weighted by atomic mass is 79.9. The van der Waals surface area contributed by atoms with Gasteiger partial charge in [-0.2, -0.15) is 9.78 Å². The Balaban J connectivity index is 1.95. The van der Waals surface area contributed by atoms with Crippen LogP contribution in [0.15, 0.2) is 51.0 Å². The third-order valence-electron chi connectivity index (χ3n) is 3.48. The minimum absolute atomic E-state index is 0.145. The van der Waals surface area contributed by atoms with Gasteiger partial charge in [0.05, 0.1) is 11.6 Å². The van der Waals surface area contributed by atoms with Crippen LogP contribution in [0.1, 0.15) is 16.0 Å². The van der Waals surface area contributed by atoms with Gasteiger partial charge in [0.1, 0.15) is 11.2 Å². The predicted molar refractivity (Wildman–Crippen MR) is 101 cm³/mol. The summed E-state index contributed by atoms with van der Waals surface area (Å²) in [6.45, 7) is 3.93. The van der Waals surface area contributed by atoms with Gasteiger partial charge >= 0.3 is 0 Å². The molecule has 4 nitrogen and oxygen atoms in total. The number of hydrogen-bond acceptors (Lipinski definition) is 4. The molecule has 3 rings (SSSR count). The molecule has 116 valence electrons. The van der Waals surface area contributed by atoms with Crippen molar-refractivity contribution in [2.24, 2.45) is 5.10 Å². The summed E-state index contributed by atoms with van der Waals surface area (Å²) in [6, 6.07) is 9.88. The molecular formula is C17H14BrN3OS. The normalized spacial score (nSPS) is 12.4. The average molecular weight is 388 g/mol. The monoisotopic (exact) mass is 387 g/mol. The zero-order valence-electron chi connectivity index (χ0n) is 12.7. The van der Waals surface area contributed by atoms with Crippen molar-refractivity contribution in [1.29, 1.82) is 0 Å². The molecule has 0 N–H and O–H groups in total. The summed E-state index contributed by atoms with van der Waals surface area (Å²) in [4.78, 5) is 18.7. The SMILES string of the molecule is Cc1sc2ncn(/N=C/C(Br)=C/c3ccccc3)c(=O)c2c1C. The molecule has 2 heterocycles. The van der Waals surface area contributed by atoms with Crippen LogP contribution < -0.4 is 5.56 Å². The minimum atomic E-state index is -0.145. The number of aromatic nitrogens is 2. The van der Waals surface area contributed by atoms with Gasteiger partial charge < -0.3 is 0 Å². The molecule has 0 saturated heterocycles. The maximum Gasteiger partial charge on any atom is 0.282 e. The summed E-state index contributed by atoms with van der Waals surface area (Å²) in [5.41, 5.74) is 1.88. The van der Waals surface area contributed by atoms with Crippen LogP contribution in [0.2, 0.25) is 0 Å². The third-order valence-corrected chi connectivity index (χ3v) is 5.03. The molecule has 0 radical (unpaired) electrons. The number of aryl methyl sites for hydroxylation is 2. The van der Waals surface area contributed by atoms with Gasteiger partial charge in [-0.1, -0.05) is 30.3 Å². The molecule has 0 spiro atoms. The van der Waals surface area contributed by atoms with E-state index in [1.807, 2.05) is 50.3 Å². The summed E-state index contributed by atoms with van der Waals surface area (Å²) in [5, 5.41) is 4.86. The van der Waals surface area contributed by atoms with Crippen molar-refractivity contribution in [3.63, 3.8) is 0 Å². The fourth-order valence-electron chi connectivity index (χ4n) is 2.17. The second-order valence-corrected chi connectivity index (χ2v) is 7.16. The highest BCUT2D eigenvalue weighted by Gasteiger charge is 2.11. The second kappa shape index (κ2) is 6.60. The third kappa shape index (κ3) is 3.33. The summed E-state index contributed by atoms with van der Waals surface area (Å²) in [6.07, 6.45) is 4.98. The molecule has 1 aromatic carbocycles. The Bertz CT molecular complexity index is 971. The number of thiophene rings is 1. The molecule has 2 aromatic heterocycles. The largest absolute Gasteiger partial charge is 0.282 e. The zero-order chi connectivity index (χ0) is 16.4. The van der Waals surface area contributed by atoms with Gasteiger partial charge in [0.15, 0.2) is 0 Å². The highest BCUT2D eigenvalue weighted by Crippen LogP contribution is 2.25. The number of allylic oxidation sites excluding steroid dienone is 1. The fourth-order valence-corrected chi connectivity index (χ4v) is 3.51. The Morgan fingerprint density at radius 1 is 1.30 bits per heavy atom. The standard InChI is InChI=1S/C17H14BrN3OS/c1-11-12(2)23-16-15(11)17(22)21(10-19-16)20-9-14(18)8-13-6-4-3-5-7-13/h3-10H,1-2H3/b14-8-,20-9+. The average Bonchev–Trinajstić information content (AvgIpc) is 2.83. The van der Waals surface area contributed by atoms with E-state index in [-0.39, 0.29) is 5.56 Å². The van der Waals surface area contributed by atoms with Crippen molar-refractivity contribution in [2.45, 2.75) is 13.8 Å². The van der Waals surface area contributed by atoms with Crippen LogP contribution in [0.25, 0.3) is 16.3 Å². The van der Waals surface area contributed by atoms with Gasteiger partial charge in [0.2, 0.25) is 0 Å². The number of halogens is 1. The molecule has 0 aliphatic heterocycles. The van der Waals surface area contributed by atoms with Crippen LogP contribution in [0, 0.1) is 13.8 Å². The highest BCUT2D eigenvalue weighted by molar-refractivity contribution is 9.12. The van der Waals surface area contributed by atoms with E-state index < -0.39 is 0 Å². The number of benzene rings is 1. The van der Waals surface area contributed by atoms with E-state index in [2.05, 4.69) is 26.0 Å². The van der Waals surface area contributed by atoms with Crippen molar-refractivity contribution in [1.82, 2.24) is 9.66 Å². The molecule has 0 aliphatic carbocycles. The predicted octanol–water partition coefficient (Wildman–Crippen LogP) is 4.34. The van der Waals surface area contributed by atoms with Crippen LogP contribution in [-0.2, 0) is 0 Å². The van der Waals surface area contributed by atoms with E-state index in [0.29, 0.717) is 5.39 Å². The van der Waals surface area contributed by atoms with E-state index in [4.69, 9.17) is 0 Å². The second-order valence-electron chi connectivity index (χ2n) is 5.04. The van der Waals surface area contributed by atoms with Crippen LogP contribution in [0.5, 0.6) is 0 Å². The van der Waals surface area contributed by atoms with Gasteiger partial charge in [-0.05, 0) is 47.0 Å². The summed E-state index contributed by atoms with van der Waals surface area (Å²) < 4.78 is 2.04. The Kier molecular flexibility index (Phi) is 4.54. The van der Waals surface area contributed by atoms with E-state index in [1.165, 1.54) is 22.3 Å². The van der Waals surface area contributed by atoms with Gasteiger partial charge in [0, 0.05) is 9.36 Å². The number of hydrogen-bond donors (Lipinski definition) is 0. The van der Waals surface area contributed by atoms with Gasteiger partial charge in [0.25, 0.3) is 5.56 Å². The molecular weight excluding hydrogens is 374 g/mol. The van der Waals surface area contributed by atoms with Crippen LogP contribution in [0.3, 0.4) is 0 Å². The summed E-state index contributed by atoms with van der Waals surface area (Å²) >= 11 is 4.97. The molecule has 0 amide bonds. The summed E-state index contributed by atoms with van der Waals surface area (Å²) in [5.74, 6) is 0. The first kappa shape index (κ1) is 15.8. The van der Waals surface area contributed by atoms with Crippen molar-refractivity contribution < 1.29 is 0 Å². The summed E-state index contributed by atoms with van der Waals surface area (Å²) in [7, 11) is 0. The van der Waals surface area contributed by atoms with E-state index in [0.717, 1.165) is 25.3 Å².